The fourth-order valence-electron chi connectivity index (χ4n) is 6.68. The van der Waals surface area contributed by atoms with Crippen molar-refractivity contribution in [3.05, 3.63) is 75.4 Å². The van der Waals surface area contributed by atoms with E-state index in [4.69, 9.17) is 19.4 Å². The third kappa shape index (κ3) is 6.59. The predicted octanol–water partition coefficient (Wildman–Crippen LogP) is 2.38. The van der Waals surface area contributed by atoms with E-state index in [2.05, 4.69) is 36.5 Å². The topological polar surface area (TPSA) is 150 Å². The molecule has 2 aliphatic heterocycles. The number of hydrogen-bond donors (Lipinski definition) is 2. The molecule has 0 fully saturated rings. The van der Waals surface area contributed by atoms with Gasteiger partial charge in [0, 0.05) is 56.7 Å². The molecule has 0 radical (unpaired) electrons. The van der Waals surface area contributed by atoms with Crippen molar-refractivity contribution in [3.8, 4) is 0 Å². The number of nitrogens with one attached hydrogen (secondary N) is 2. The van der Waals surface area contributed by atoms with Gasteiger partial charge in [-0.05, 0) is 80.5 Å². The number of aliphatic carboxylic acids is 1. The second-order valence-corrected chi connectivity index (χ2v) is 11.8. The number of esters is 2. The Labute approximate surface area is 296 Å². The van der Waals surface area contributed by atoms with Crippen molar-refractivity contribution in [1.82, 2.24) is 19.9 Å². The summed E-state index contributed by atoms with van der Waals surface area (Å²) >= 11 is 0. The summed E-state index contributed by atoms with van der Waals surface area (Å²) in [7, 11) is 2.59. The number of H-pyrrole nitrogens is 2. The van der Waals surface area contributed by atoms with Crippen LogP contribution in [0.15, 0.2) is 24.8 Å². The summed E-state index contributed by atoms with van der Waals surface area (Å²) in [6.07, 6.45) is 2.34. The fraction of sp³-hybridized carbons (Fsp3) is 0.361. The van der Waals surface area contributed by atoms with Crippen molar-refractivity contribution in [2.75, 3.05) is 14.2 Å². The van der Waals surface area contributed by atoms with Crippen LogP contribution in [0.3, 0.4) is 0 Å². The van der Waals surface area contributed by atoms with E-state index in [1.54, 1.807) is 6.92 Å². The molecule has 2 aliphatic rings. The third-order valence-electron chi connectivity index (χ3n) is 9.33. The van der Waals surface area contributed by atoms with Crippen LogP contribution in [0.2, 0.25) is 0 Å². The molecule has 0 amide bonds. The second kappa shape index (κ2) is 14.4. The van der Waals surface area contributed by atoms with Gasteiger partial charge in [-0.25, -0.2) is 9.78 Å². The van der Waals surface area contributed by atoms with Crippen LogP contribution in [-0.4, -0.2) is 52.1 Å². The summed E-state index contributed by atoms with van der Waals surface area (Å²) in [6, 6.07) is 5.94. The predicted molar refractivity (Wildman–Crippen MR) is 176 cm³/mol. The number of nitrogens with zero attached hydrogens (tertiary/aromatic N) is 2. The molecule has 0 aromatic carbocycles. The molecule has 2 atom stereocenters. The first-order chi connectivity index (χ1) is 21.9. The van der Waals surface area contributed by atoms with Crippen LogP contribution in [0, 0.1) is 13.8 Å². The van der Waals surface area contributed by atoms with E-state index in [1.165, 1.54) is 14.2 Å². The van der Waals surface area contributed by atoms with Crippen LogP contribution in [-0.2, 0) is 36.7 Å². The summed E-state index contributed by atoms with van der Waals surface area (Å²) in [4.78, 5) is 55.1. The molecule has 0 spiro atoms. The number of methoxy groups -OCH3 is 2. The zero-order valence-electron chi connectivity index (χ0n) is 28.3. The maximum absolute atomic E-state index is 13.4. The zero-order valence-corrected chi connectivity index (χ0v) is 30.3. The Bertz CT molecular complexity index is 1990. The van der Waals surface area contributed by atoms with E-state index in [1.807, 2.05) is 32.1 Å². The summed E-state index contributed by atoms with van der Waals surface area (Å²) in [5.74, 6) is -2.98. The largest absolute Gasteiger partial charge is 1.00 e. The first-order valence-corrected chi connectivity index (χ1v) is 15.4. The summed E-state index contributed by atoms with van der Waals surface area (Å²) in [6.45, 7) is 14.0. The number of carbonyl (C=O) groups is 3. The number of aromatic nitrogens is 4. The Kier molecular flexibility index (Phi) is 11.0. The van der Waals surface area contributed by atoms with Gasteiger partial charge in [-0.3, -0.25) is 9.78 Å². The van der Waals surface area contributed by atoms with Crippen molar-refractivity contribution in [2.45, 2.75) is 72.1 Å². The number of ether oxygens (including phenoxy) is 2. The van der Waals surface area contributed by atoms with Crippen LogP contribution < -0.4 is 34.7 Å². The van der Waals surface area contributed by atoms with Crippen molar-refractivity contribution < 1.29 is 58.5 Å². The van der Waals surface area contributed by atoms with Crippen LogP contribution in [0.25, 0.3) is 39.3 Å². The molecule has 47 heavy (non-hydrogen) atoms. The van der Waals surface area contributed by atoms with Crippen LogP contribution in [0.1, 0.15) is 96.0 Å². The van der Waals surface area contributed by atoms with Crippen LogP contribution in [0.4, 0.5) is 0 Å². The van der Waals surface area contributed by atoms with Gasteiger partial charge in [0.1, 0.15) is 0 Å². The van der Waals surface area contributed by atoms with Crippen molar-refractivity contribution in [2.24, 2.45) is 0 Å². The molecule has 3 aromatic rings. The molecule has 8 bridgehead atoms. The van der Waals surface area contributed by atoms with E-state index >= 15 is 0 Å². The quantitative estimate of drug-likeness (QED) is 0.280. The minimum Gasteiger partial charge on any atom is -0.550 e. The number of carbonyl (C=O) groups excluding carboxylic acids is 3. The van der Waals surface area contributed by atoms with Gasteiger partial charge in [-0.15, -0.1) is 0 Å². The molecule has 11 heteroatoms. The number of rotatable bonds is 8. The Hall–Kier alpha value is -3.99. The minimum absolute atomic E-state index is 0. The molecule has 0 saturated heterocycles. The number of aryl methyl sites for hydroxylation is 3. The smallest absolute Gasteiger partial charge is 0.550 e. The van der Waals surface area contributed by atoms with Gasteiger partial charge < -0.3 is 29.3 Å². The first kappa shape index (κ1) is 35.9. The van der Waals surface area contributed by atoms with Gasteiger partial charge in [0.2, 0.25) is 0 Å². The molecule has 0 aliphatic carbocycles. The van der Waals surface area contributed by atoms with Crippen molar-refractivity contribution >= 4 is 57.2 Å². The molecular weight excluding hydrogens is 607 g/mol. The molecule has 2 N–H and O–H groups in total. The van der Waals surface area contributed by atoms with Crippen LogP contribution >= 0.6 is 0 Å². The van der Waals surface area contributed by atoms with E-state index < -0.39 is 23.8 Å². The van der Waals surface area contributed by atoms with Gasteiger partial charge in [0.05, 0.1) is 43.3 Å². The van der Waals surface area contributed by atoms with Gasteiger partial charge >= 0.3 is 41.5 Å². The molecule has 10 nitrogen and oxygen atoms in total. The monoisotopic (exact) mass is 646 g/mol. The van der Waals surface area contributed by atoms with Crippen molar-refractivity contribution in [3.63, 3.8) is 0 Å². The Morgan fingerprint density at radius 1 is 0.957 bits per heavy atom. The van der Waals surface area contributed by atoms with Gasteiger partial charge in [-0.2, -0.15) is 0 Å². The maximum atomic E-state index is 13.4. The normalized spacial score (nSPS) is 15.6. The van der Waals surface area contributed by atoms with Gasteiger partial charge in [0.15, 0.2) is 0 Å². The molecule has 240 valence electrons. The second-order valence-electron chi connectivity index (χ2n) is 11.8. The van der Waals surface area contributed by atoms with E-state index in [-0.39, 0.29) is 66.0 Å². The number of allylic oxidation sites excluding steroid dienone is 1. The Balaban J connectivity index is 0.00000500. The van der Waals surface area contributed by atoms with Crippen LogP contribution in [0.5, 0.6) is 0 Å². The molecule has 5 heterocycles. The molecule has 0 unspecified atom stereocenters. The standard InChI is InChI=1S/C36H40N4O6.Na/c1-9-21-17(3)25-14-27-19(5)23(11-12-31(41)42)34(39-27)24(13-32(43)45-7)35-33(36(44)46-8)20(6)28(40-35)16-30-22(10-2)18(4)26(38-30)15-29(21)37-25;/h9,14-16,19,23,37-38H,1,10-13H2,2-8H3,(H,41,42);/q;+1/p-1/t19-,23-;/m0./s1. The van der Waals surface area contributed by atoms with Crippen molar-refractivity contribution in [1.29, 1.82) is 0 Å². The number of carboxylic acids is 1. The summed E-state index contributed by atoms with van der Waals surface area (Å²) < 4.78 is 10.3. The number of aromatic amines is 2. The van der Waals surface area contributed by atoms with E-state index in [9.17, 15) is 19.5 Å². The van der Waals surface area contributed by atoms with Gasteiger partial charge in [-0.1, -0.05) is 26.5 Å². The molecule has 3 aromatic heterocycles. The van der Waals surface area contributed by atoms with E-state index in [0.717, 1.165) is 50.7 Å². The average Bonchev–Trinajstić information content (AvgIpc) is 3.71. The Morgan fingerprint density at radius 2 is 1.64 bits per heavy atom. The van der Waals surface area contributed by atoms with Gasteiger partial charge in [0.25, 0.3) is 0 Å². The number of hydrogen-bond acceptors (Lipinski definition) is 8. The Morgan fingerprint density at radius 3 is 2.26 bits per heavy atom. The minimum atomic E-state index is -1.19. The average molecular weight is 647 g/mol. The number of fused-ring (bicyclic) bond motifs is 8. The molecule has 0 saturated carbocycles. The first-order valence-electron chi connectivity index (χ1n) is 15.4. The number of carboxylic acid groups (broad SMARTS) is 1. The summed E-state index contributed by atoms with van der Waals surface area (Å²) in [5, 5.41) is 11.6. The SMILES string of the molecule is C=Cc1c(C)c2cc3nc(c(CC(=O)OC)c4nc(cc5[nH]c(cc1[nH]2)c(C)c5CC)C(C)=C4C(=O)OC)[C@@H](CCC(=O)[O-])[C@@H]3C.[Na+]. The summed E-state index contributed by atoms with van der Waals surface area (Å²) in [5.41, 5.74) is 10.8. The molecule has 5 rings (SSSR count). The maximum Gasteiger partial charge on any atom is 1.00 e. The van der Waals surface area contributed by atoms with E-state index in [0.29, 0.717) is 28.2 Å². The third-order valence-corrected chi connectivity index (χ3v) is 9.33. The fourth-order valence-corrected chi connectivity index (χ4v) is 6.68. The molecular formula is C36H39N4NaO6. The zero-order chi connectivity index (χ0) is 33.4.